The summed E-state index contributed by atoms with van der Waals surface area (Å²) in [5.41, 5.74) is 0.628. The molecule has 1 aliphatic rings. The van der Waals surface area contributed by atoms with Crippen LogP contribution in [0.25, 0.3) is 0 Å². The number of sulfonamides is 1. The van der Waals surface area contributed by atoms with Gasteiger partial charge in [-0.15, -0.1) is 0 Å². The molecule has 1 fully saturated rings. The number of ether oxygens (including phenoxy) is 1. The minimum Gasteiger partial charge on any atom is -0.452 e. The summed E-state index contributed by atoms with van der Waals surface area (Å²) < 4.78 is 32.6. The number of amides is 1. The molecule has 0 radical (unpaired) electrons. The molecular formula is C21H24N2O5S. The highest BCUT2D eigenvalue weighted by Crippen LogP contribution is 2.24. The molecule has 2 aromatic carbocycles. The monoisotopic (exact) mass is 416 g/mol. The van der Waals surface area contributed by atoms with Gasteiger partial charge in [0.25, 0.3) is 15.9 Å². The van der Waals surface area contributed by atoms with E-state index in [1.165, 1.54) is 28.6 Å². The molecule has 0 aliphatic carbocycles. The van der Waals surface area contributed by atoms with Crippen molar-refractivity contribution in [2.75, 3.05) is 30.5 Å². The maximum Gasteiger partial charge on any atom is 0.338 e. The molecule has 0 atom stereocenters. The molecule has 0 bridgehead atoms. The molecule has 0 saturated carbocycles. The van der Waals surface area contributed by atoms with Crippen molar-refractivity contribution in [2.45, 2.75) is 24.7 Å². The Morgan fingerprint density at radius 1 is 1.03 bits per heavy atom. The van der Waals surface area contributed by atoms with Gasteiger partial charge in [-0.25, -0.2) is 13.2 Å². The van der Waals surface area contributed by atoms with Crippen LogP contribution < -0.4 is 4.31 Å². The SMILES string of the molecule is CCN(c1ccccc1)S(=O)(=O)c1cccc(C(=O)OCC(=O)N2CCCC2)c1. The third kappa shape index (κ3) is 4.76. The van der Waals surface area contributed by atoms with Crippen molar-refractivity contribution in [2.24, 2.45) is 0 Å². The van der Waals surface area contributed by atoms with Gasteiger partial charge in [0.15, 0.2) is 6.61 Å². The van der Waals surface area contributed by atoms with Gasteiger partial charge in [0.1, 0.15) is 0 Å². The van der Waals surface area contributed by atoms with Gasteiger partial charge in [-0.1, -0.05) is 24.3 Å². The summed E-state index contributed by atoms with van der Waals surface area (Å²) in [4.78, 5) is 26.0. The van der Waals surface area contributed by atoms with E-state index in [1.807, 2.05) is 6.07 Å². The molecule has 0 aromatic heterocycles. The molecule has 1 amide bonds. The van der Waals surface area contributed by atoms with Crippen LogP contribution in [0.2, 0.25) is 0 Å². The van der Waals surface area contributed by atoms with Gasteiger partial charge in [0, 0.05) is 19.6 Å². The van der Waals surface area contributed by atoms with Gasteiger partial charge in [-0.05, 0) is 50.1 Å². The largest absolute Gasteiger partial charge is 0.452 e. The number of carbonyl (C=O) groups is 2. The molecular weight excluding hydrogens is 392 g/mol. The van der Waals surface area contributed by atoms with E-state index < -0.39 is 16.0 Å². The Morgan fingerprint density at radius 2 is 1.72 bits per heavy atom. The predicted molar refractivity (Wildman–Crippen MR) is 109 cm³/mol. The first kappa shape index (κ1) is 20.9. The van der Waals surface area contributed by atoms with Gasteiger partial charge in [-0.3, -0.25) is 9.10 Å². The molecule has 29 heavy (non-hydrogen) atoms. The lowest BCUT2D eigenvalue weighted by Crippen LogP contribution is -2.32. The fourth-order valence-electron chi connectivity index (χ4n) is 3.26. The second-order valence-electron chi connectivity index (χ2n) is 6.70. The number of rotatable bonds is 7. The molecule has 0 spiro atoms. The summed E-state index contributed by atoms with van der Waals surface area (Å²) in [5.74, 6) is -0.960. The summed E-state index contributed by atoms with van der Waals surface area (Å²) in [6.45, 7) is 2.99. The highest BCUT2D eigenvalue weighted by Gasteiger charge is 2.25. The number of para-hydroxylation sites is 1. The van der Waals surface area contributed by atoms with Crippen molar-refractivity contribution < 1.29 is 22.7 Å². The quantitative estimate of drug-likeness (QED) is 0.648. The van der Waals surface area contributed by atoms with E-state index in [1.54, 1.807) is 36.1 Å². The second-order valence-corrected chi connectivity index (χ2v) is 8.56. The van der Waals surface area contributed by atoms with Crippen LogP contribution in [-0.4, -0.2) is 51.4 Å². The Morgan fingerprint density at radius 3 is 2.38 bits per heavy atom. The molecule has 0 unspecified atom stereocenters. The lowest BCUT2D eigenvalue weighted by Gasteiger charge is -2.23. The number of carbonyl (C=O) groups excluding carboxylic acids is 2. The highest BCUT2D eigenvalue weighted by atomic mass is 32.2. The molecule has 1 aliphatic heterocycles. The number of esters is 1. The van der Waals surface area contributed by atoms with E-state index in [0.717, 1.165) is 12.8 Å². The summed E-state index contributed by atoms with van der Waals surface area (Å²) in [5, 5.41) is 0. The standard InChI is InChI=1S/C21H24N2O5S/c1-2-23(18-10-4-3-5-11-18)29(26,27)19-12-8-9-17(15-19)21(25)28-16-20(24)22-13-6-7-14-22/h3-5,8-12,15H,2,6-7,13-14,16H2,1H3. The van der Waals surface area contributed by atoms with Gasteiger partial charge in [0.05, 0.1) is 16.1 Å². The lowest BCUT2D eigenvalue weighted by molar-refractivity contribution is -0.133. The topological polar surface area (TPSA) is 84.0 Å². The third-order valence-electron chi connectivity index (χ3n) is 4.77. The number of hydrogen-bond acceptors (Lipinski definition) is 5. The van der Waals surface area contributed by atoms with Gasteiger partial charge >= 0.3 is 5.97 Å². The zero-order chi connectivity index (χ0) is 20.9. The van der Waals surface area contributed by atoms with Crippen LogP contribution in [0.4, 0.5) is 5.69 Å². The molecule has 2 aromatic rings. The molecule has 0 N–H and O–H groups in total. The van der Waals surface area contributed by atoms with Crippen LogP contribution in [0, 0.1) is 0 Å². The fraction of sp³-hybridized carbons (Fsp3) is 0.333. The number of anilines is 1. The molecule has 3 rings (SSSR count). The van der Waals surface area contributed by atoms with Crippen LogP contribution >= 0.6 is 0 Å². The van der Waals surface area contributed by atoms with E-state index in [4.69, 9.17) is 4.74 Å². The minimum atomic E-state index is -3.85. The van der Waals surface area contributed by atoms with Crippen molar-refractivity contribution in [3.05, 3.63) is 60.2 Å². The summed E-state index contributed by atoms with van der Waals surface area (Å²) >= 11 is 0. The van der Waals surface area contributed by atoms with Crippen molar-refractivity contribution in [3.63, 3.8) is 0 Å². The number of nitrogens with zero attached hydrogens (tertiary/aromatic N) is 2. The maximum absolute atomic E-state index is 13.1. The van der Waals surface area contributed by atoms with Crippen LogP contribution in [0.3, 0.4) is 0 Å². The fourth-order valence-corrected chi connectivity index (χ4v) is 4.78. The van der Waals surface area contributed by atoms with Crippen molar-refractivity contribution in [3.8, 4) is 0 Å². The van der Waals surface area contributed by atoms with E-state index in [0.29, 0.717) is 18.8 Å². The number of likely N-dealkylation sites (tertiary alicyclic amines) is 1. The highest BCUT2D eigenvalue weighted by molar-refractivity contribution is 7.92. The average molecular weight is 416 g/mol. The smallest absolute Gasteiger partial charge is 0.338 e. The van der Waals surface area contributed by atoms with Crippen LogP contribution in [0.1, 0.15) is 30.1 Å². The average Bonchev–Trinajstić information content (AvgIpc) is 3.28. The van der Waals surface area contributed by atoms with E-state index in [2.05, 4.69) is 0 Å². The van der Waals surface area contributed by atoms with Crippen LogP contribution in [0.5, 0.6) is 0 Å². The van der Waals surface area contributed by atoms with Crippen molar-refractivity contribution in [1.82, 2.24) is 4.90 Å². The first-order valence-corrected chi connectivity index (χ1v) is 11.0. The zero-order valence-electron chi connectivity index (χ0n) is 16.3. The minimum absolute atomic E-state index is 0.0106. The summed E-state index contributed by atoms with van der Waals surface area (Å²) in [7, 11) is -3.85. The van der Waals surface area contributed by atoms with Crippen molar-refractivity contribution >= 4 is 27.6 Å². The normalized spacial score (nSPS) is 13.9. The molecule has 7 nitrogen and oxygen atoms in total. The maximum atomic E-state index is 13.1. The first-order valence-electron chi connectivity index (χ1n) is 9.56. The number of hydrogen-bond donors (Lipinski definition) is 0. The van der Waals surface area contributed by atoms with Crippen LogP contribution in [-0.2, 0) is 19.6 Å². The summed E-state index contributed by atoms with van der Waals surface area (Å²) in [6, 6.07) is 14.4. The number of benzene rings is 2. The molecule has 8 heteroatoms. The van der Waals surface area contributed by atoms with E-state index in [9.17, 15) is 18.0 Å². The van der Waals surface area contributed by atoms with Crippen LogP contribution in [0.15, 0.2) is 59.5 Å². The zero-order valence-corrected chi connectivity index (χ0v) is 17.1. The van der Waals surface area contributed by atoms with E-state index >= 15 is 0 Å². The van der Waals surface area contributed by atoms with Gasteiger partial charge < -0.3 is 9.64 Å². The Kier molecular flexibility index (Phi) is 6.53. The predicted octanol–water partition coefficient (Wildman–Crippen LogP) is 2.68. The molecule has 1 heterocycles. The van der Waals surface area contributed by atoms with Gasteiger partial charge in [-0.2, -0.15) is 0 Å². The summed E-state index contributed by atoms with van der Waals surface area (Å²) in [6.07, 6.45) is 1.91. The van der Waals surface area contributed by atoms with Crippen molar-refractivity contribution in [1.29, 1.82) is 0 Å². The van der Waals surface area contributed by atoms with E-state index in [-0.39, 0.29) is 29.5 Å². The Bertz CT molecular complexity index is 970. The third-order valence-corrected chi connectivity index (χ3v) is 6.67. The molecule has 154 valence electrons. The second kappa shape index (κ2) is 9.09. The van der Waals surface area contributed by atoms with Gasteiger partial charge in [0.2, 0.25) is 0 Å². The Hall–Kier alpha value is -2.87. The molecule has 1 saturated heterocycles. The first-order chi connectivity index (χ1) is 13.9. The lowest BCUT2D eigenvalue weighted by atomic mass is 10.2. The Balaban J connectivity index is 1.75. The Labute approximate surface area is 170 Å².